The molecule has 0 spiro atoms. The van der Waals surface area contributed by atoms with E-state index in [1.807, 2.05) is 0 Å². The molecule has 0 saturated heterocycles. The molecule has 3 aromatic rings. The average Bonchev–Trinajstić information content (AvgIpc) is 2.69. The molecule has 0 bridgehead atoms. The molecule has 0 radical (unpaired) electrons. The third-order valence-electron chi connectivity index (χ3n) is 5.08. The number of nitrogens with two attached hydrogens (primary N) is 1. The topological polar surface area (TPSA) is 77.2 Å². The van der Waals surface area contributed by atoms with E-state index in [-0.39, 0.29) is 29.0 Å². The summed E-state index contributed by atoms with van der Waals surface area (Å²) in [5.41, 5.74) is 11.7. The van der Waals surface area contributed by atoms with Gasteiger partial charge in [0.25, 0.3) is 5.88 Å². The van der Waals surface area contributed by atoms with Crippen molar-refractivity contribution in [3.63, 3.8) is 0 Å². The Kier molecular flexibility index (Phi) is 5.34. The van der Waals surface area contributed by atoms with Crippen LogP contribution >= 0.6 is 11.6 Å². The minimum Gasteiger partial charge on any atom is -0.470 e. The summed E-state index contributed by atoms with van der Waals surface area (Å²) < 4.78 is 19.5. The lowest BCUT2D eigenvalue weighted by atomic mass is 9.92. The Morgan fingerprint density at radius 3 is 2.90 bits per heavy atom. The zero-order chi connectivity index (χ0) is 20.5. The summed E-state index contributed by atoms with van der Waals surface area (Å²) in [6.07, 6.45) is 3.72. The number of nitrogens with zero attached hydrogens (tertiary/aromatic N) is 4. The third kappa shape index (κ3) is 4.16. The molecule has 6 nitrogen and oxygen atoms in total. The number of anilines is 1. The number of aryl methyl sites for hydroxylation is 1. The van der Waals surface area contributed by atoms with Crippen LogP contribution in [-0.4, -0.2) is 33.4 Å². The number of benzene rings is 1. The molecule has 1 aliphatic rings. The quantitative estimate of drug-likeness (QED) is 0.656. The fourth-order valence-electron chi connectivity index (χ4n) is 3.54. The minimum absolute atomic E-state index is 0.0790. The first kappa shape index (κ1) is 19.5. The first-order valence-corrected chi connectivity index (χ1v) is 9.65. The maximum Gasteiger partial charge on any atom is 0.258 e. The van der Waals surface area contributed by atoms with Gasteiger partial charge in [0.15, 0.2) is 5.82 Å². The van der Waals surface area contributed by atoms with Gasteiger partial charge >= 0.3 is 0 Å². The van der Waals surface area contributed by atoms with Crippen molar-refractivity contribution in [2.75, 3.05) is 19.3 Å². The molecule has 4 rings (SSSR count). The molecule has 0 fully saturated rings. The molecule has 1 aromatic carbocycles. The summed E-state index contributed by atoms with van der Waals surface area (Å²) in [6, 6.07) is 5.66. The standard InChI is InChI=1S/C21H21ClFN5O/c1-12-5-13(6-14-10-28(2)4-3-16(12)14)18-9-26-20(24)21(27-18)29-11-15-7-19(22)25-8-17(15)23/h5-9H,3-4,10-11H2,1-2H3,(H2,24,26). The van der Waals surface area contributed by atoms with Crippen molar-refractivity contribution >= 4 is 17.4 Å². The molecule has 29 heavy (non-hydrogen) atoms. The summed E-state index contributed by atoms with van der Waals surface area (Å²) in [5.74, 6) is -0.211. The maximum atomic E-state index is 13.9. The van der Waals surface area contributed by atoms with Crippen LogP contribution in [0.5, 0.6) is 5.88 Å². The van der Waals surface area contributed by atoms with Crippen molar-refractivity contribution in [1.82, 2.24) is 19.9 Å². The SMILES string of the molecule is Cc1cc(-c2cnc(N)c(OCc3cc(Cl)ncc3F)n2)cc2c1CCN(C)C2. The van der Waals surface area contributed by atoms with Crippen LogP contribution in [0.25, 0.3) is 11.3 Å². The third-order valence-corrected chi connectivity index (χ3v) is 5.28. The van der Waals surface area contributed by atoms with Crippen LogP contribution in [0, 0.1) is 12.7 Å². The van der Waals surface area contributed by atoms with Crippen molar-refractivity contribution in [3.05, 3.63) is 63.8 Å². The van der Waals surface area contributed by atoms with E-state index in [2.05, 4.69) is 46.0 Å². The second kappa shape index (κ2) is 7.93. The molecule has 0 unspecified atom stereocenters. The summed E-state index contributed by atoms with van der Waals surface area (Å²) in [6.45, 7) is 4.00. The molecule has 1 aliphatic heterocycles. The average molecular weight is 414 g/mol. The first-order chi connectivity index (χ1) is 13.9. The number of rotatable bonds is 4. The number of hydrogen-bond donors (Lipinski definition) is 1. The fraction of sp³-hybridized carbons (Fsp3) is 0.286. The Labute approximate surface area is 173 Å². The van der Waals surface area contributed by atoms with E-state index in [1.54, 1.807) is 6.20 Å². The lowest BCUT2D eigenvalue weighted by Gasteiger charge is -2.27. The normalized spacial score (nSPS) is 13.9. The van der Waals surface area contributed by atoms with Crippen molar-refractivity contribution < 1.29 is 9.13 Å². The molecular formula is C21H21ClFN5O. The minimum atomic E-state index is -0.508. The molecule has 2 N–H and O–H groups in total. The van der Waals surface area contributed by atoms with Gasteiger partial charge in [0.1, 0.15) is 17.6 Å². The number of likely N-dealkylation sites (N-methyl/N-ethyl adjacent to an activating group) is 1. The Hall–Kier alpha value is -2.77. The van der Waals surface area contributed by atoms with Crippen molar-refractivity contribution in [1.29, 1.82) is 0 Å². The second-order valence-corrected chi connectivity index (χ2v) is 7.64. The van der Waals surface area contributed by atoms with Gasteiger partial charge in [0, 0.05) is 24.2 Å². The lowest BCUT2D eigenvalue weighted by Crippen LogP contribution is -2.27. The Bertz CT molecular complexity index is 1080. The molecule has 3 heterocycles. The highest BCUT2D eigenvalue weighted by atomic mass is 35.5. The summed E-state index contributed by atoms with van der Waals surface area (Å²) in [4.78, 5) is 14.7. The number of aromatic nitrogens is 3. The molecule has 0 saturated carbocycles. The van der Waals surface area contributed by atoms with Gasteiger partial charge in [0.05, 0.1) is 18.1 Å². The van der Waals surface area contributed by atoms with Gasteiger partial charge in [-0.05, 0) is 55.3 Å². The van der Waals surface area contributed by atoms with Crippen LogP contribution in [0.3, 0.4) is 0 Å². The second-order valence-electron chi connectivity index (χ2n) is 7.25. The van der Waals surface area contributed by atoms with Crippen LogP contribution < -0.4 is 10.5 Å². The number of ether oxygens (including phenoxy) is 1. The van der Waals surface area contributed by atoms with Gasteiger partial charge in [-0.2, -0.15) is 0 Å². The van der Waals surface area contributed by atoms with Gasteiger partial charge < -0.3 is 15.4 Å². The van der Waals surface area contributed by atoms with Crippen LogP contribution in [-0.2, 0) is 19.6 Å². The Balaban J connectivity index is 1.62. The van der Waals surface area contributed by atoms with Gasteiger partial charge in [-0.15, -0.1) is 0 Å². The van der Waals surface area contributed by atoms with Gasteiger partial charge in [-0.1, -0.05) is 11.6 Å². The number of fused-ring (bicyclic) bond motifs is 1. The molecule has 8 heteroatoms. The van der Waals surface area contributed by atoms with Crippen LogP contribution in [0.4, 0.5) is 10.2 Å². The van der Waals surface area contributed by atoms with Crippen LogP contribution in [0.1, 0.15) is 22.3 Å². The predicted molar refractivity (Wildman–Crippen MR) is 110 cm³/mol. The van der Waals surface area contributed by atoms with E-state index in [4.69, 9.17) is 22.1 Å². The van der Waals surface area contributed by atoms with Crippen molar-refractivity contribution in [2.45, 2.75) is 26.5 Å². The zero-order valence-electron chi connectivity index (χ0n) is 16.2. The fourth-order valence-corrected chi connectivity index (χ4v) is 3.72. The van der Waals surface area contributed by atoms with Crippen molar-refractivity contribution in [2.24, 2.45) is 0 Å². The number of halogens is 2. The highest BCUT2D eigenvalue weighted by molar-refractivity contribution is 6.29. The van der Waals surface area contributed by atoms with Crippen LogP contribution in [0.2, 0.25) is 5.15 Å². The predicted octanol–water partition coefficient (Wildman–Crippen LogP) is 3.79. The monoisotopic (exact) mass is 413 g/mol. The Morgan fingerprint density at radius 1 is 1.24 bits per heavy atom. The highest BCUT2D eigenvalue weighted by Crippen LogP contribution is 2.30. The first-order valence-electron chi connectivity index (χ1n) is 9.27. The van der Waals surface area contributed by atoms with Gasteiger partial charge in [0.2, 0.25) is 0 Å². The van der Waals surface area contributed by atoms with E-state index >= 15 is 0 Å². The molecule has 2 aromatic heterocycles. The lowest BCUT2D eigenvalue weighted by molar-refractivity contribution is 0.289. The van der Waals surface area contributed by atoms with E-state index in [1.165, 1.54) is 22.8 Å². The van der Waals surface area contributed by atoms with Crippen LogP contribution in [0.15, 0.2) is 30.6 Å². The van der Waals surface area contributed by atoms with Crippen molar-refractivity contribution in [3.8, 4) is 17.1 Å². The van der Waals surface area contributed by atoms with Gasteiger partial charge in [-0.3, -0.25) is 0 Å². The highest BCUT2D eigenvalue weighted by Gasteiger charge is 2.18. The smallest absolute Gasteiger partial charge is 0.258 e. The van der Waals surface area contributed by atoms with E-state index in [0.717, 1.165) is 31.3 Å². The summed E-state index contributed by atoms with van der Waals surface area (Å²) in [5, 5.41) is 0.187. The summed E-state index contributed by atoms with van der Waals surface area (Å²) >= 11 is 5.83. The molecule has 150 valence electrons. The molecule has 0 amide bonds. The van der Waals surface area contributed by atoms with E-state index in [0.29, 0.717) is 5.69 Å². The number of hydrogen-bond acceptors (Lipinski definition) is 6. The molecular weight excluding hydrogens is 393 g/mol. The molecule has 0 aliphatic carbocycles. The zero-order valence-corrected chi connectivity index (χ0v) is 17.0. The van der Waals surface area contributed by atoms with E-state index < -0.39 is 5.82 Å². The largest absolute Gasteiger partial charge is 0.470 e. The van der Waals surface area contributed by atoms with E-state index in [9.17, 15) is 4.39 Å². The maximum absolute atomic E-state index is 13.9. The molecule has 0 atom stereocenters. The van der Waals surface area contributed by atoms with Gasteiger partial charge in [-0.25, -0.2) is 19.3 Å². The Morgan fingerprint density at radius 2 is 2.07 bits per heavy atom. The number of nitrogen functional groups attached to an aromatic ring is 1. The summed E-state index contributed by atoms with van der Waals surface area (Å²) in [7, 11) is 2.12. The number of pyridine rings is 1.